The highest BCUT2D eigenvalue weighted by molar-refractivity contribution is 7.96. The third kappa shape index (κ3) is 7.56. The van der Waals surface area contributed by atoms with E-state index in [1.54, 1.807) is 12.1 Å². The summed E-state index contributed by atoms with van der Waals surface area (Å²) in [5, 5.41) is 15.9. The van der Waals surface area contributed by atoms with Crippen molar-refractivity contribution in [2.45, 2.75) is 32.2 Å². The molecule has 0 aliphatic rings. The van der Waals surface area contributed by atoms with Crippen LogP contribution in [0.4, 0.5) is 5.69 Å². The third-order valence-corrected chi connectivity index (χ3v) is 4.85. The van der Waals surface area contributed by atoms with Gasteiger partial charge in [0.25, 0.3) is 5.91 Å². The van der Waals surface area contributed by atoms with E-state index in [2.05, 4.69) is 20.3 Å². The third-order valence-electron chi connectivity index (χ3n) is 4.12. The van der Waals surface area contributed by atoms with Crippen molar-refractivity contribution in [3.05, 3.63) is 52.8 Å². The van der Waals surface area contributed by atoms with Crippen LogP contribution in [0, 0.1) is 0 Å². The van der Waals surface area contributed by atoms with Crippen molar-refractivity contribution < 1.29 is 14.7 Å². The van der Waals surface area contributed by atoms with Crippen LogP contribution in [0.5, 0.6) is 5.75 Å². The van der Waals surface area contributed by atoms with Crippen LogP contribution >= 0.6 is 23.5 Å². The van der Waals surface area contributed by atoms with Gasteiger partial charge in [-0.1, -0.05) is 23.5 Å². The molecule has 2 rings (SSSR count). The molecule has 0 atom stereocenters. The van der Waals surface area contributed by atoms with Crippen molar-refractivity contribution >= 4 is 41.1 Å². The second-order valence-corrected chi connectivity index (χ2v) is 8.25. The van der Waals surface area contributed by atoms with E-state index in [0.717, 1.165) is 13.0 Å². The van der Waals surface area contributed by atoms with Crippen molar-refractivity contribution in [1.29, 1.82) is 0 Å². The summed E-state index contributed by atoms with van der Waals surface area (Å²) in [6.07, 6.45) is 4.11. The molecule has 0 saturated carbocycles. The Bertz CT molecular complexity index is 877. The highest BCUT2D eigenvalue weighted by Gasteiger charge is 2.21. The minimum atomic E-state index is -0.412. The Morgan fingerprint density at radius 2 is 2.00 bits per heavy atom. The lowest BCUT2D eigenvalue weighted by molar-refractivity contribution is -0.115. The number of phenols is 1. The van der Waals surface area contributed by atoms with Crippen LogP contribution in [-0.2, 0) is 11.2 Å². The lowest BCUT2D eigenvalue weighted by atomic mass is 10.0. The van der Waals surface area contributed by atoms with Gasteiger partial charge in [-0.3, -0.25) is 19.3 Å². The summed E-state index contributed by atoms with van der Waals surface area (Å²) in [5.74, 6) is -0.663. The van der Waals surface area contributed by atoms with E-state index in [1.807, 2.05) is 20.1 Å². The van der Waals surface area contributed by atoms with Crippen molar-refractivity contribution in [3.8, 4) is 5.75 Å². The number of carbonyl (C=O) groups is 2. The maximum absolute atomic E-state index is 12.5. The number of halogens is 1. The zero-order valence-electron chi connectivity index (χ0n) is 16.6. The SMILES string of the molecule is CSNCCC(C)(C)NC(=O)c1cc(NC(=O)Cc2cc(Cl)ccc2O)ccn1. The van der Waals surface area contributed by atoms with E-state index in [4.69, 9.17) is 11.6 Å². The number of pyridine rings is 1. The fraction of sp³-hybridized carbons (Fsp3) is 0.350. The van der Waals surface area contributed by atoms with Gasteiger partial charge in [0, 0.05) is 34.6 Å². The smallest absolute Gasteiger partial charge is 0.270 e. The average Bonchev–Trinajstić information content (AvgIpc) is 2.64. The number of benzene rings is 1. The number of carbonyl (C=O) groups excluding carboxylic acids is 2. The van der Waals surface area contributed by atoms with Crippen LogP contribution in [0.1, 0.15) is 36.3 Å². The Hall–Kier alpha value is -2.29. The molecule has 4 N–H and O–H groups in total. The van der Waals surface area contributed by atoms with E-state index in [0.29, 0.717) is 16.3 Å². The van der Waals surface area contributed by atoms with Gasteiger partial charge in [0.05, 0.1) is 6.42 Å². The predicted octanol–water partition coefficient (Wildman–Crippen LogP) is 3.39. The summed E-state index contributed by atoms with van der Waals surface area (Å²) in [6.45, 7) is 4.64. The highest BCUT2D eigenvalue weighted by atomic mass is 35.5. The second-order valence-electron chi connectivity index (χ2n) is 7.11. The van der Waals surface area contributed by atoms with Gasteiger partial charge in [-0.25, -0.2) is 0 Å². The average molecular weight is 437 g/mol. The molecule has 0 aliphatic heterocycles. The molecular weight excluding hydrogens is 412 g/mol. The molecule has 0 bridgehead atoms. The molecule has 2 aromatic rings. The molecule has 1 aromatic heterocycles. The van der Waals surface area contributed by atoms with E-state index >= 15 is 0 Å². The molecule has 0 saturated heterocycles. The number of phenolic OH excluding ortho intramolecular Hbond substituents is 1. The first-order valence-electron chi connectivity index (χ1n) is 9.02. The number of amides is 2. The van der Waals surface area contributed by atoms with Gasteiger partial charge in [-0.05, 0) is 56.9 Å². The van der Waals surface area contributed by atoms with Crippen molar-refractivity contribution in [3.63, 3.8) is 0 Å². The quantitative estimate of drug-likeness (QED) is 0.355. The first-order chi connectivity index (χ1) is 13.7. The molecule has 1 aromatic carbocycles. The zero-order valence-corrected chi connectivity index (χ0v) is 18.2. The standard InChI is InChI=1S/C20H25ClN4O3S/c1-20(2,7-9-23-29-3)25-19(28)16-12-15(6-8-22-16)24-18(27)11-13-10-14(21)4-5-17(13)26/h4-6,8,10,12,23,26H,7,9,11H2,1-3H3,(H,25,28)(H,22,24,27). The molecular formula is C20H25ClN4O3S. The summed E-state index contributed by atoms with van der Waals surface area (Å²) >= 11 is 7.44. The topological polar surface area (TPSA) is 103 Å². The van der Waals surface area contributed by atoms with Crippen LogP contribution in [-0.4, -0.2) is 40.2 Å². The van der Waals surface area contributed by atoms with E-state index in [1.165, 1.54) is 36.3 Å². The van der Waals surface area contributed by atoms with Gasteiger partial charge in [-0.15, -0.1) is 0 Å². The van der Waals surface area contributed by atoms with Crippen molar-refractivity contribution in [2.75, 3.05) is 18.1 Å². The minimum Gasteiger partial charge on any atom is -0.508 e. The Morgan fingerprint density at radius 1 is 1.24 bits per heavy atom. The maximum atomic E-state index is 12.5. The minimum absolute atomic E-state index is 0.00228. The summed E-state index contributed by atoms with van der Waals surface area (Å²) in [7, 11) is 0. The Morgan fingerprint density at radius 3 is 2.72 bits per heavy atom. The monoisotopic (exact) mass is 436 g/mol. The molecule has 0 unspecified atom stereocenters. The summed E-state index contributed by atoms with van der Waals surface area (Å²) in [4.78, 5) is 28.9. The van der Waals surface area contributed by atoms with Crippen LogP contribution in [0.2, 0.25) is 5.02 Å². The maximum Gasteiger partial charge on any atom is 0.270 e. The van der Waals surface area contributed by atoms with Gasteiger partial charge in [0.1, 0.15) is 11.4 Å². The van der Waals surface area contributed by atoms with Gasteiger partial charge >= 0.3 is 0 Å². The van der Waals surface area contributed by atoms with Crippen molar-refractivity contribution in [2.24, 2.45) is 0 Å². The number of aromatic nitrogens is 1. The summed E-state index contributed by atoms with van der Waals surface area (Å²) in [6, 6.07) is 7.64. The number of rotatable bonds is 9. The largest absolute Gasteiger partial charge is 0.508 e. The van der Waals surface area contributed by atoms with Gasteiger partial charge in [-0.2, -0.15) is 0 Å². The lowest BCUT2D eigenvalue weighted by Gasteiger charge is -2.26. The molecule has 7 nitrogen and oxygen atoms in total. The zero-order chi connectivity index (χ0) is 21.4. The Kier molecular flexibility index (Phi) is 8.31. The van der Waals surface area contributed by atoms with Gasteiger partial charge < -0.3 is 15.7 Å². The fourth-order valence-electron chi connectivity index (χ4n) is 2.61. The number of aromatic hydroxyl groups is 1. The van der Waals surface area contributed by atoms with Crippen LogP contribution < -0.4 is 15.4 Å². The van der Waals surface area contributed by atoms with Crippen LogP contribution in [0.25, 0.3) is 0 Å². The molecule has 2 amide bonds. The van der Waals surface area contributed by atoms with Crippen LogP contribution in [0.3, 0.4) is 0 Å². The molecule has 29 heavy (non-hydrogen) atoms. The van der Waals surface area contributed by atoms with E-state index in [9.17, 15) is 14.7 Å². The summed E-state index contributed by atoms with van der Waals surface area (Å²) in [5.41, 5.74) is 0.658. The number of nitrogens with zero attached hydrogens (tertiary/aromatic N) is 1. The molecule has 0 radical (unpaired) electrons. The van der Waals surface area contributed by atoms with Gasteiger partial charge in [0.2, 0.25) is 5.91 Å². The first-order valence-corrected chi connectivity index (χ1v) is 10.6. The van der Waals surface area contributed by atoms with E-state index < -0.39 is 5.54 Å². The van der Waals surface area contributed by atoms with Crippen LogP contribution in [0.15, 0.2) is 36.5 Å². The number of hydrogen-bond donors (Lipinski definition) is 4. The Balaban J connectivity index is 2.00. The molecule has 156 valence electrons. The molecule has 9 heteroatoms. The predicted molar refractivity (Wildman–Crippen MR) is 117 cm³/mol. The normalized spacial score (nSPS) is 11.2. The number of hydrogen-bond acceptors (Lipinski definition) is 6. The highest BCUT2D eigenvalue weighted by Crippen LogP contribution is 2.22. The second kappa shape index (κ2) is 10.5. The lowest BCUT2D eigenvalue weighted by Crippen LogP contribution is -2.45. The molecule has 0 spiro atoms. The van der Waals surface area contributed by atoms with Gasteiger partial charge in [0.15, 0.2) is 0 Å². The number of nitrogens with one attached hydrogen (secondary N) is 3. The fourth-order valence-corrected chi connectivity index (χ4v) is 3.11. The summed E-state index contributed by atoms with van der Waals surface area (Å²) < 4.78 is 3.15. The first kappa shape index (κ1) is 23.0. The van der Waals surface area contributed by atoms with E-state index in [-0.39, 0.29) is 29.7 Å². The molecule has 1 heterocycles. The molecule has 0 fully saturated rings. The number of anilines is 1. The van der Waals surface area contributed by atoms with Crippen molar-refractivity contribution in [1.82, 2.24) is 15.0 Å². The Labute approximate surface area is 179 Å². The molecule has 0 aliphatic carbocycles.